The quantitative estimate of drug-likeness (QED) is 0.639. The summed E-state index contributed by atoms with van der Waals surface area (Å²) in [5.74, 6) is 0.931. The number of β-lactam (4-membered cyclic amide) rings is 1. The zero-order chi connectivity index (χ0) is 9.26. The van der Waals surface area contributed by atoms with Gasteiger partial charge in [0.05, 0.1) is 12.8 Å². The van der Waals surface area contributed by atoms with Gasteiger partial charge >= 0.3 is 0 Å². The molecule has 1 saturated heterocycles. The lowest BCUT2D eigenvalue weighted by atomic mass is 10.1. The highest BCUT2D eigenvalue weighted by Gasteiger charge is 2.27. The molecule has 3 nitrogen and oxygen atoms in total. The number of carbonyl (C=O) groups excluding carboxylic acids is 1. The molecule has 1 aromatic carbocycles. The van der Waals surface area contributed by atoms with Crippen LogP contribution in [0.15, 0.2) is 24.3 Å². The van der Waals surface area contributed by atoms with Crippen LogP contribution in [-0.2, 0) is 4.79 Å². The second-order valence-corrected chi connectivity index (χ2v) is 2.97. The molecule has 1 heterocycles. The number of ether oxygens (including phenoxy) is 1. The summed E-state index contributed by atoms with van der Waals surface area (Å²) in [7, 11) is 1.61. The lowest BCUT2D eigenvalue weighted by molar-refractivity contribution is -0.122. The summed E-state index contributed by atoms with van der Waals surface area (Å²) in [5, 5.41) is 0. The monoisotopic (exact) mass is 177 g/mol. The van der Waals surface area contributed by atoms with Crippen LogP contribution < -0.4 is 9.64 Å². The van der Waals surface area contributed by atoms with Crippen LogP contribution in [0.25, 0.3) is 0 Å². The fraction of sp³-hybridized carbons (Fsp3) is 0.300. The fourth-order valence-electron chi connectivity index (χ4n) is 1.42. The molecule has 1 fully saturated rings. The molecule has 1 aromatic rings. The molecule has 1 aliphatic rings. The first-order chi connectivity index (χ1) is 6.33. The Kier molecular flexibility index (Phi) is 1.93. The minimum Gasteiger partial charge on any atom is -0.495 e. The van der Waals surface area contributed by atoms with Crippen molar-refractivity contribution >= 4 is 11.6 Å². The number of rotatable bonds is 2. The highest BCUT2D eigenvalue weighted by molar-refractivity contribution is 6.00. The summed E-state index contributed by atoms with van der Waals surface area (Å²) in [6.07, 6.45) is 0.651. The van der Waals surface area contributed by atoms with Crippen molar-refractivity contribution in [3.05, 3.63) is 24.3 Å². The van der Waals surface area contributed by atoms with Crippen molar-refractivity contribution in [2.45, 2.75) is 6.42 Å². The number of para-hydroxylation sites is 2. The summed E-state index contributed by atoms with van der Waals surface area (Å²) in [6.45, 7) is 0.805. The zero-order valence-electron chi connectivity index (χ0n) is 7.49. The molecule has 1 amide bonds. The maximum Gasteiger partial charge on any atom is 0.228 e. The van der Waals surface area contributed by atoms with Gasteiger partial charge in [0, 0.05) is 13.0 Å². The van der Waals surface area contributed by atoms with Gasteiger partial charge < -0.3 is 9.64 Å². The first kappa shape index (κ1) is 8.10. The molecule has 0 aliphatic carbocycles. The fourth-order valence-corrected chi connectivity index (χ4v) is 1.42. The van der Waals surface area contributed by atoms with Gasteiger partial charge in [-0.3, -0.25) is 4.79 Å². The minimum atomic E-state index is 0.171. The van der Waals surface area contributed by atoms with Crippen molar-refractivity contribution in [3.8, 4) is 5.75 Å². The third-order valence-electron chi connectivity index (χ3n) is 2.23. The number of hydrogen-bond donors (Lipinski definition) is 0. The first-order valence-corrected chi connectivity index (χ1v) is 4.26. The van der Waals surface area contributed by atoms with E-state index in [0.717, 1.165) is 18.0 Å². The Balaban J connectivity index is 2.33. The van der Waals surface area contributed by atoms with E-state index in [9.17, 15) is 4.79 Å². The van der Waals surface area contributed by atoms with E-state index < -0.39 is 0 Å². The summed E-state index contributed by atoms with van der Waals surface area (Å²) in [6, 6.07) is 7.56. The van der Waals surface area contributed by atoms with E-state index in [1.807, 2.05) is 24.3 Å². The number of nitrogens with zero attached hydrogens (tertiary/aromatic N) is 1. The molecule has 0 spiro atoms. The highest BCUT2D eigenvalue weighted by atomic mass is 16.5. The van der Waals surface area contributed by atoms with Crippen molar-refractivity contribution in [2.24, 2.45) is 0 Å². The number of carbonyl (C=O) groups is 1. The van der Waals surface area contributed by atoms with Crippen molar-refractivity contribution < 1.29 is 9.53 Å². The normalized spacial score (nSPS) is 15.5. The van der Waals surface area contributed by atoms with Crippen LogP contribution in [0, 0.1) is 0 Å². The third kappa shape index (κ3) is 1.26. The molecule has 0 saturated carbocycles. The van der Waals surface area contributed by atoms with Crippen LogP contribution in [0.4, 0.5) is 5.69 Å². The van der Waals surface area contributed by atoms with Crippen LogP contribution in [-0.4, -0.2) is 19.6 Å². The number of hydrogen-bond acceptors (Lipinski definition) is 2. The van der Waals surface area contributed by atoms with E-state index >= 15 is 0 Å². The van der Waals surface area contributed by atoms with Crippen LogP contribution in [0.2, 0.25) is 0 Å². The molecular formula is C10H11NO2. The Hall–Kier alpha value is -1.51. The van der Waals surface area contributed by atoms with E-state index in [0.29, 0.717) is 6.42 Å². The third-order valence-corrected chi connectivity index (χ3v) is 2.23. The largest absolute Gasteiger partial charge is 0.495 e. The van der Waals surface area contributed by atoms with E-state index in [1.165, 1.54) is 0 Å². The number of methoxy groups -OCH3 is 1. The van der Waals surface area contributed by atoms with Gasteiger partial charge in [-0.05, 0) is 12.1 Å². The van der Waals surface area contributed by atoms with Crippen LogP contribution in [0.1, 0.15) is 6.42 Å². The van der Waals surface area contributed by atoms with Crippen LogP contribution in [0.5, 0.6) is 5.75 Å². The Labute approximate surface area is 76.9 Å². The lowest BCUT2D eigenvalue weighted by Crippen LogP contribution is -2.43. The summed E-state index contributed by atoms with van der Waals surface area (Å²) >= 11 is 0. The standard InChI is InChI=1S/C10H11NO2/c1-13-9-5-3-2-4-8(9)11-7-6-10(11)12/h2-5H,6-7H2,1H3. The van der Waals surface area contributed by atoms with Gasteiger partial charge in [0.1, 0.15) is 5.75 Å². The average Bonchev–Trinajstić information content (AvgIpc) is 2.16. The first-order valence-electron chi connectivity index (χ1n) is 4.26. The maximum absolute atomic E-state index is 11.2. The molecule has 3 heteroatoms. The van der Waals surface area contributed by atoms with Crippen molar-refractivity contribution in [1.29, 1.82) is 0 Å². The Morgan fingerprint density at radius 1 is 1.38 bits per heavy atom. The van der Waals surface area contributed by atoms with Gasteiger partial charge in [-0.15, -0.1) is 0 Å². The Bertz CT molecular complexity index is 335. The van der Waals surface area contributed by atoms with Crippen molar-refractivity contribution in [3.63, 3.8) is 0 Å². The van der Waals surface area contributed by atoms with Gasteiger partial charge in [-0.2, -0.15) is 0 Å². The Morgan fingerprint density at radius 2 is 2.15 bits per heavy atom. The Morgan fingerprint density at radius 3 is 2.69 bits per heavy atom. The number of anilines is 1. The number of amides is 1. The van der Waals surface area contributed by atoms with Gasteiger partial charge in [0.15, 0.2) is 0 Å². The van der Waals surface area contributed by atoms with Gasteiger partial charge in [0.25, 0.3) is 0 Å². The highest BCUT2D eigenvalue weighted by Crippen LogP contribution is 2.31. The van der Waals surface area contributed by atoms with Gasteiger partial charge in [0.2, 0.25) is 5.91 Å². The van der Waals surface area contributed by atoms with E-state index in [4.69, 9.17) is 4.74 Å². The summed E-state index contributed by atoms with van der Waals surface area (Å²) in [4.78, 5) is 12.9. The molecule has 0 bridgehead atoms. The second kappa shape index (κ2) is 3.09. The predicted molar refractivity (Wildman–Crippen MR) is 50.0 cm³/mol. The minimum absolute atomic E-state index is 0.171. The van der Waals surface area contributed by atoms with Crippen LogP contribution in [0.3, 0.4) is 0 Å². The molecule has 0 unspecified atom stereocenters. The van der Waals surface area contributed by atoms with Crippen molar-refractivity contribution in [2.75, 3.05) is 18.6 Å². The topological polar surface area (TPSA) is 29.5 Å². The van der Waals surface area contributed by atoms with Gasteiger partial charge in [-0.25, -0.2) is 0 Å². The summed E-state index contributed by atoms with van der Waals surface area (Å²) < 4.78 is 5.16. The molecule has 0 radical (unpaired) electrons. The molecule has 0 N–H and O–H groups in total. The lowest BCUT2D eigenvalue weighted by Gasteiger charge is -2.31. The summed E-state index contributed by atoms with van der Waals surface area (Å²) in [5.41, 5.74) is 0.876. The van der Waals surface area contributed by atoms with E-state index in [-0.39, 0.29) is 5.91 Å². The number of benzene rings is 1. The van der Waals surface area contributed by atoms with Crippen LogP contribution >= 0.6 is 0 Å². The smallest absolute Gasteiger partial charge is 0.228 e. The van der Waals surface area contributed by atoms with E-state index in [1.54, 1.807) is 12.0 Å². The molecule has 2 rings (SSSR count). The second-order valence-electron chi connectivity index (χ2n) is 2.97. The molecule has 68 valence electrons. The van der Waals surface area contributed by atoms with E-state index in [2.05, 4.69) is 0 Å². The molecule has 0 aromatic heterocycles. The molecule has 0 atom stereocenters. The molecule has 1 aliphatic heterocycles. The molecule has 13 heavy (non-hydrogen) atoms. The molecular weight excluding hydrogens is 166 g/mol. The SMILES string of the molecule is COc1ccccc1N1CCC1=O. The average molecular weight is 177 g/mol. The zero-order valence-corrected chi connectivity index (χ0v) is 7.49. The predicted octanol–water partition coefficient (Wildman–Crippen LogP) is 1.43. The van der Waals surface area contributed by atoms with Crippen molar-refractivity contribution in [1.82, 2.24) is 0 Å². The maximum atomic E-state index is 11.2. The van der Waals surface area contributed by atoms with Gasteiger partial charge in [-0.1, -0.05) is 12.1 Å².